The second kappa shape index (κ2) is 6.76. The number of fused-ring (bicyclic) bond motifs is 1. The lowest BCUT2D eigenvalue weighted by Crippen LogP contribution is -2.25. The van der Waals surface area contributed by atoms with E-state index in [4.69, 9.17) is 0 Å². The summed E-state index contributed by atoms with van der Waals surface area (Å²) >= 11 is 0. The van der Waals surface area contributed by atoms with Crippen molar-refractivity contribution in [3.05, 3.63) is 59.4 Å². The van der Waals surface area contributed by atoms with E-state index in [1.165, 1.54) is 12.3 Å². The van der Waals surface area contributed by atoms with Crippen LogP contribution in [0.15, 0.2) is 53.6 Å². The standard InChI is InChI=1S/C18H12F3N5O3S/c1-30(28,29)16-13(18(19,20)21)8-7-12(15(16)17-22-24-25-23-17)10-4-2-6-14-11(10)5-3-9-26(14)27/h2-9H,1H3,(H,22,23,24,25). The molecule has 8 nitrogen and oxygen atoms in total. The summed E-state index contributed by atoms with van der Waals surface area (Å²) in [6, 6.07) is 9.58. The first-order valence-corrected chi connectivity index (χ1v) is 10.3. The zero-order valence-electron chi connectivity index (χ0n) is 15.2. The molecule has 0 saturated carbocycles. The molecule has 0 bridgehead atoms. The number of pyridine rings is 1. The summed E-state index contributed by atoms with van der Waals surface area (Å²) in [4.78, 5) is -0.961. The number of halogens is 3. The van der Waals surface area contributed by atoms with Crippen molar-refractivity contribution in [2.45, 2.75) is 11.1 Å². The maximum Gasteiger partial charge on any atom is 0.417 e. The SMILES string of the molecule is CS(=O)(=O)c1c(C(F)(F)F)ccc(-c2cccc3c2ccc[n+]3[O-])c1-c1nn[nH]n1. The van der Waals surface area contributed by atoms with Gasteiger partial charge >= 0.3 is 6.18 Å². The Balaban J connectivity index is 2.20. The highest BCUT2D eigenvalue weighted by Crippen LogP contribution is 2.44. The van der Waals surface area contributed by atoms with Gasteiger partial charge in [-0.05, 0) is 28.5 Å². The predicted molar refractivity (Wildman–Crippen MR) is 99.6 cm³/mol. The minimum atomic E-state index is -4.94. The van der Waals surface area contributed by atoms with Gasteiger partial charge in [-0.1, -0.05) is 18.2 Å². The van der Waals surface area contributed by atoms with Crippen LogP contribution in [0.3, 0.4) is 0 Å². The topological polar surface area (TPSA) is 116 Å². The highest BCUT2D eigenvalue weighted by Gasteiger charge is 2.39. The Morgan fingerprint density at radius 3 is 2.47 bits per heavy atom. The summed E-state index contributed by atoms with van der Waals surface area (Å²) in [7, 11) is -4.37. The van der Waals surface area contributed by atoms with Crippen LogP contribution in [0, 0.1) is 5.21 Å². The van der Waals surface area contributed by atoms with Crippen molar-refractivity contribution in [3.8, 4) is 22.5 Å². The van der Waals surface area contributed by atoms with E-state index in [0.717, 1.165) is 6.07 Å². The van der Waals surface area contributed by atoms with Crippen molar-refractivity contribution in [1.82, 2.24) is 20.6 Å². The Labute approximate surface area is 167 Å². The number of tetrazole rings is 1. The highest BCUT2D eigenvalue weighted by atomic mass is 32.2. The zero-order chi connectivity index (χ0) is 21.7. The molecule has 0 atom stereocenters. The minimum Gasteiger partial charge on any atom is -0.618 e. The normalized spacial score (nSPS) is 12.4. The van der Waals surface area contributed by atoms with E-state index < -0.39 is 26.5 Å². The van der Waals surface area contributed by atoms with Crippen molar-refractivity contribution in [3.63, 3.8) is 0 Å². The molecule has 0 fully saturated rings. The number of hydrogen-bond donors (Lipinski definition) is 1. The summed E-state index contributed by atoms with van der Waals surface area (Å²) < 4.78 is 66.6. The van der Waals surface area contributed by atoms with Gasteiger partial charge in [-0.25, -0.2) is 8.42 Å². The monoisotopic (exact) mass is 435 g/mol. The first-order chi connectivity index (χ1) is 14.1. The van der Waals surface area contributed by atoms with Gasteiger partial charge < -0.3 is 5.21 Å². The Morgan fingerprint density at radius 2 is 1.83 bits per heavy atom. The van der Waals surface area contributed by atoms with Crippen LogP contribution in [-0.4, -0.2) is 35.3 Å². The van der Waals surface area contributed by atoms with Gasteiger partial charge in [-0.3, -0.25) is 0 Å². The molecule has 2 aromatic carbocycles. The average molecular weight is 435 g/mol. The van der Waals surface area contributed by atoms with Crippen LogP contribution in [0.2, 0.25) is 0 Å². The lowest BCUT2D eigenvalue weighted by molar-refractivity contribution is -0.577. The number of nitrogens with zero attached hydrogens (tertiary/aromatic N) is 4. The first-order valence-electron chi connectivity index (χ1n) is 8.38. The molecular formula is C18H12F3N5O3S. The number of H-pyrrole nitrogens is 1. The van der Waals surface area contributed by atoms with Crippen LogP contribution in [0.5, 0.6) is 0 Å². The number of rotatable bonds is 3. The summed E-state index contributed by atoms with van der Waals surface area (Å²) in [5, 5.41) is 25.5. The Bertz CT molecular complexity index is 1370. The number of aromatic nitrogens is 5. The molecular weight excluding hydrogens is 423 g/mol. The molecule has 0 spiro atoms. The van der Waals surface area contributed by atoms with Crippen molar-refractivity contribution in [2.24, 2.45) is 0 Å². The molecule has 0 saturated heterocycles. The van der Waals surface area contributed by atoms with Gasteiger partial charge in [0, 0.05) is 18.4 Å². The Hall–Kier alpha value is -3.54. The van der Waals surface area contributed by atoms with Crippen molar-refractivity contribution < 1.29 is 26.3 Å². The smallest absolute Gasteiger partial charge is 0.417 e. The van der Waals surface area contributed by atoms with Gasteiger partial charge in [0.05, 0.1) is 21.4 Å². The van der Waals surface area contributed by atoms with Crippen LogP contribution in [0.25, 0.3) is 33.4 Å². The van der Waals surface area contributed by atoms with Crippen molar-refractivity contribution in [1.29, 1.82) is 0 Å². The molecule has 4 aromatic rings. The van der Waals surface area contributed by atoms with Gasteiger partial charge in [0.1, 0.15) is 0 Å². The third-order valence-corrected chi connectivity index (χ3v) is 5.66. The summed E-state index contributed by atoms with van der Waals surface area (Å²) in [5.41, 5.74) is -0.977. The molecule has 0 aliphatic carbocycles. The lowest BCUT2D eigenvalue weighted by atomic mass is 9.94. The van der Waals surface area contributed by atoms with Gasteiger partial charge in [-0.15, -0.1) is 10.2 Å². The molecule has 0 unspecified atom stereocenters. The molecule has 12 heteroatoms. The van der Waals surface area contributed by atoms with Crippen LogP contribution in [0.4, 0.5) is 13.2 Å². The lowest BCUT2D eigenvalue weighted by Gasteiger charge is -2.18. The molecule has 0 amide bonds. The highest BCUT2D eigenvalue weighted by molar-refractivity contribution is 7.91. The Morgan fingerprint density at radius 1 is 1.07 bits per heavy atom. The van der Waals surface area contributed by atoms with E-state index in [1.54, 1.807) is 24.3 Å². The molecule has 0 radical (unpaired) electrons. The average Bonchev–Trinajstić information content (AvgIpc) is 3.20. The van der Waals surface area contributed by atoms with Crippen molar-refractivity contribution >= 4 is 20.7 Å². The van der Waals surface area contributed by atoms with Crippen LogP contribution in [0.1, 0.15) is 5.56 Å². The molecule has 2 heterocycles. The number of nitrogens with one attached hydrogen (secondary N) is 1. The molecule has 1 N–H and O–H groups in total. The number of aromatic amines is 1. The van der Waals surface area contributed by atoms with E-state index in [2.05, 4.69) is 20.6 Å². The van der Waals surface area contributed by atoms with Crippen LogP contribution < -0.4 is 4.73 Å². The summed E-state index contributed by atoms with van der Waals surface area (Å²) in [6.07, 6.45) is -2.98. The number of benzene rings is 2. The van der Waals surface area contributed by atoms with E-state index in [0.29, 0.717) is 28.0 Å². The first kappa shape index (κ1) is 19.8. The molecule has 0 aliphatic heterocycles. The summed E-state index contributed by atoms with van der Waals surface area (Å²) in [6.45, 7) is 0. The molecule has 30 heavy (non-hydrogen) atoms. The molecule has 2 aromatic heterocycles. The predicted octanol–water partition coefficient (Wildman–Crippen LogP) is 2.74. The summed E-state index contributed by atoms with van der Waals surface area (Å²) in [5.74, 6) is -0.320. The number of alkyl halides is 3. The van der Waals surface area contributed by atoms with E-state index in [-0.39, 0.29) is 22.5 Å². The quantitative estimate of drug-likeness (QED) is 0.391. The maximum absolute atomic E-state index is 13.7. The minimum absolute atomic E-state index is 0.113. The van der Waals surface area contributed by atoms with E-state index >= 15 is 0 Å². The van der Waals surface area contributed by atoms with Crippen LogP contribution >= 0.6 is 0 Å². The van der Waals surface area contributed by atoms with Gasteiger partial charge in [0.15, 0.2) is 16.0 Å². The van der Waals surface area contributed by atoms with Gasteiger partial charge in [0.2, 0.25) is 11.3 Å². The van der Waals surface area contributed by atoms with Gasteiger partial charge in [0.25, 0.3) is 0 Å². The zero-order valence-corrected chi connectivity index (χ0v) is 16.0. The van der Waals surface area contributed by atoms with E-state index in [9.17, 15) is 26.8 Å². The molecule has 4 rings (SSSR count). The van der Waals surface area contributed by atoms with E-state index in [1.807, 2.05) is 0 Å². The molecule has 154 valence electrons. The second-order valence-electron chi connectivity index (χ2n) is 6.44. The maximum atomic E-state index is 13.7. The van der Waals surface area contributed by atoms with Gasteiger partial charge in [-0.2, -0.15) is 23.1 Å². The van der Waals surface area contributed by atoms with Crippen molar-refractivity contribution in [2.75, 3.05) is 6.26 Å². The Kier molecular flexibility index (Phi) is 4.45. The number of sulfone groups is 1. The largest absolute Gasteiger partial charge is 0.618 e. The second-order valence-corrected chi connectivity index (χ2v) is 8.40. The molecule has 0 aliphatic rings. The third kappa shape index (κ3) is 3.24. The fourth-order valence-corrected chi connectivity index (χ4v) is 4.51. The number of hydrogen-bond acceptors (Lipinski definition) is 6. The fraction of sp³-hybridized carbons (Fsp3) is 0.111. The fourth-order valence-electron chi connectivity index (χ4n) is 3.36. The van der Waals surface area contributed by atoms with Crippen LogP contribution in [-0.2, 0) is 16.0 Å². The third-order valence-electron chi connectivity index (χ3n) is 4.50.